The Balaban J connectivity index is 1.42. The first kappa shape index (κ1) is 26.9. The van der Waals surface area contributed by atoms with E-state index in [0.29, 0.717) is 35.0 Å². The molecule has 0 unspecified atom stereocenters. The summed E-state index contributed by atoms with van der Waals surface area (Å²) in [6, 6.07) is 7.07. The van der Waals surface area contributed by atoms with E-state index >= 15 is 0 Å². The van der Waals surface area contributed by atoms with Crippen molar-refractivity contribution in [2.45, 2.75) is 26.6 Å². The molecule has 0 saturated heterocycles. The molecular weight excluding hydrogens is 495 g/mol. The van der Waals surface area contributed by atoms with Gasteiger partial charge in [0.2, 0.25) is 0 Å². The van der Waals surface area contributed by atoms with Crippen LogP contribution in [0.3, 0.4) is 0 Å². The van der Waals surface area contributed by atoms with Gasteiger partial charge in [-0.2, -0.15) is 18.4 Å². The molecule has 0 spiro atoms. The van der Waals surface area contributed by atoms with Crippen LogP contribution in [0.2, 0.25) is 0 Å². The van der Waals surface area contributed by atoms with Crippen molar-refractivity contribution >= 4 is 28.5 Å². The summed E-state index contributed by atoms with van der Waals surface area (Å²) in [6.07, 6.45) is -0.409. The number of aromatic amines is 1. The predicted molar refractivity (Wildman–Crippen MR) is 141 cm³/mol. The zero-order valence-electron chi connectivity index (χ0n) is 21.5. The third-order valence-electron chi connectivity index (χ3n) is 6.51. The molecule has 1 aliphatic rings. The number of nitrogens with zero attached hydrogens (tertiary/aromatic N) is 6. The van der Waals surface area contributed by atoms with Crippen LogP contribution in [0.4, 0.5) is 19.0 Å². The number of pyridine rings is 2. The normalized spacial score (nSPS) is 13.9. The summed E-state index contributed by atoms with van der Waals surface area (Å²) in [6.45, 7) is 8.67. The molecule has 12 heteroatoms. The molecule has 0 radical (unpaired) electrons. The Kier molecular flexibility index (Phi) is 8.16. The number of guanidine groups is 1. The Morgan fingerprint density at radius 1 is 1.13 bits per heavy atom. The van der Waals surface area contributed by atoms with Crippen molar-refractivity contribution in [2.24, 2.45) is 4.99 Å². The summed E-state index contributed by atoms with van der Waals surface area (Å²) >= 11 is 0. The van der Waals surface area contributed by atoms with Crippen LogP contribution in [0, 0.1) is 11.3 Å². The fourth-order valence-electron chi connectivity index (χ4n) is 4.14. The van der Waals surface area contributed by atoms with E-state index in [1.165, 1.54) is 0 Å². The van der Waals surface area contributed by atoms with E-state index in [1.807, 2.05) is 19.2 Å². The van der Waals surface area contributed by atoms with E-state index in [4.69, 9.17) is 0 Å². The molecule has 0 amide bonds. The van der Waals surface area contributed by atoms with E-state index in [2.05, 4.69) is 60.3 Å². The maximum atomic E-state index is 13.3. The lowest BCUT2D eigenvalue weighted by atomic mass is 10.0. The number of nitriles is 1. The van der Waals surface area contributed by atoms with Gasteiger partial charge in [0.15, 0.2) is 5.96 Å². The van der Waals surface area contributed by atoms with E-state index in [1.54, 1.807) is 12.4 Å². The average Bonchev–Trinajstić information content (AvgIpc) is 3.35. The van der Waals surface area contributed by atoms with Crippen molar-refractivity contribution in [3.8, 4) is 6.07 Å². The van der Waals surface area contributed by atoms with E-state index in [9.17, 15) is 18.4 Å². The molecule has 0 aliphatic carbocycles. The molecule has 0 saturated carbocycles. The molecule has 1 aliphatic heterocycles. The maximum absolute atomic E-state index is 13.3. The summed E-state index contributed by atoms with van der Waals surface area (Å²) in [5.41, 5.74) is 1.49. The highest BCUT2D eigenvalue weighted by Gasteiger charge is 2.32. The first-order chi connectivity index (χ1) is 18.2. The van der Waals surface area contributed by atoms with Gasteiger partial charge in [-0.3, -0.25) is 0 Å². The smallest absolute Gasteiger partial charge is 0.358 e. The molecule has 3 N–H and O–H groups in total. The molecule has 3 aromatic rings. The van der Waals surface area contributed by atoms with Crippen molar-refractivity contribution in [1.29, 1.82) is 5.26 Å². The second kappa shape index (κ2) is 11.5. The molecule has 4 rings (SSSR count). The molecule has 0 bridgehead atoms. The minimum absolute atomic E-state index is 0.0920. The number of hydrogen-bond acceptors (Lipinski definition) is 8. The minimum Gasteiger partial charge on any atom is -0.358 e. The Morgan fingerprint density at radius 2 is 1.92 bits per heavy atom. The fraction of sp³-hybridized carbons (Fsp3) is 0.385. The predicted octanol–water partition coefficient (Wildman–Crippen LogP) is 3.74. The molecule has 0 aromatic carbocycles. The number of hydrogen-bond donors (Lipinski definition) is 3. The molecule has 0 fully saturated rings. The van der Waals surface area contributed by atoms with Gasteiger partial charge in [-0.1, -0.05) is 19.9 Å². The van der Waals surface area contributed by atoms with Crippen LogP contribution in [-0.4, -0.2) is 65.6 Å². The van der Waals surface area contributed by atoms with Crippen molar-refractivity contribution in [3.63, 3.8) is 0 Å². The summed E-state index contributed by atoms with van der Waals surface area (Å²) in [5.74, 6) is 1.29. The molecule has 0 atom stereocenters. The molecule has 9 nitrogen and oxygen atoms in total. The lowest BCUT2D eigenvalue weighted by Gasteiger charge is -2.24. The van der Waals surface area contributed by atoms with Gasteiger partial charge in [-0.05, 0) is 30.8 Å². The Hall–Kier alpha value is -4.11. The number of nitrogens with one attached hydrogen (secondary N) is 3. The van der Waals surface area contributed by atoms with Gasteiger partial charge in [0.05, 0.1) is 29.4 Å². The van der Waals surface area contributed by atoms with Gasteiger partial charge < -0.3 is 25.4 Å². The lowest BCUT2D eigenvalue weighted by molar-refractivity contribution is -0.137. The van der Waals surface area contributed by atoms with Gasteiger partial charge in [0, 0.05) is 56.2 Å². The van der Waals surface area contributed by atoms with Crippen molar-refractivity contribution in [3.05, 3.63) is 59.1 Å². The largest absolute Gasteiger partial charge is 0.417 e. The van der Waals surface area contributed by atoms with Crippen LogP contribution in [-0.2, 0) is 12.7 Å². The minimum atomic E-state index is -4.53. The number of anilines is 1. The van der Waals surface area contributed by atoms with E-state index < -0.39 is 11.7 Å². The van der Waals surface area contributed by atoms with Crippen molar-refractivity contribution in [1.82, 2.24) is 30.5 Å². The number of aromatic nitrogens is 3. The second-order valence-electron chi connectivity index (χ2n) is 8.90. The number of alkyl halides is 3. The topological polar surface area (TPSA) is 108 Å². The highest BCUT2D eigenvalue weighted by atomic mass is 19.4. The summed E-state index contributed by atoms with van der Waals surface area (Å²) in [7, 11) is 2.02. The molecule has 200 valence electrons. The van der Waals surface area contributed by atoms with Crippen molar-refractivity contribution < 1.29 is 13.2 Å². The fourth-order valence-corrected chi connectivity index (χ4v) is 4.14. The number of H-pyrrole nitrogens is 1. The Morgan fingerprint density at radius 3 is 2.58 bits per heavy atom. The SMILES string of the molecule is CCN(CC)CCN(C)c1ccc(CNC2=NCC(C#N)=C(c3c[nH]c4ncc(C(F)(F)F)cc34)N2)cn1. The first-order valence-electron chi connectivity index (χ1n) is 12.3. The Bertz CT molecular complexity index is 1360. The molecule has 38 heavy (non-hydrogen) atoms. The number of rotatable bonds is 9. The highest BCUT2D eigenvalue weighted by molar-refractivity contribution is 5.99. The van der Waals surface area contributed by atoms with Gasteiger partial charge in [-0.25, -0.2) is 15.0 Å². The number of fused-ring (bicyclic) bond motifs is 1. The Labute approximate surface area is 219 Å². The molecular formula is C26H30F3N9. The van der Waals surface area contributed by atoms with E-state index in [-0.39, 0.29) is 11.9 Å². The van der Waals surface area contributed by atoms with Crippen LogP contribution >= 0.6 is 0 Å². The van der Waals surface area contributed by atoms with Crippen LogP contribution in [0.15, 0.2) is 47.4 Å². The summed E-state index contributed by atoms with van der Waals surface area (Å²) in [4.78, 5) is 20.2. The standard InChI is InChI=1S/C26H30F3N9/c1-4-38(5-2)9-8-37(3)22-7-6-17(12-31-22)13-34-25-35-14-18(11-30)23(36-25)21-16-33-24-20(21)10-19(15-32-24)26(27,28)29/h6-7,10,12,15-16H,4-5,8-9,13-14H2,1-3H3,(H,32,33)(H2,34,35,36). The quantitative estimate of drug-likeness (QED) is 0.391. The zero-order valence-corrected chi connectivity index (χ0v) is 21.5. The third-order valence-corrected chi connectivity index (χ3v) is 6.51. The average molecular weight is 526 g/mol. The van der Waals surface area contributed by atoms with Gasteiger partial charge in [-0.15, -0.1) is 0 Å². The number of aliphatic imine (C=N–C) groups is 1. The lowest BCUT2D eigenvalue weighted by Crippen LogP contribution is -2.39. The van der Waals surface area contributed by atoms with Crippen LogP contribution in [0.25, 0.3) is 16.7 Å². The van der Waals surface area contributed by atoms with Crippen LogP contribution in [0.1, 0.15) is 30.5 Å². The maximum Gasteiger partial charge on any atom is 0.417 e. The van der Waals surface area contributed by atoms with Gasteiger partial charge in [0.25, 0.3) is 0 Å². The second-order valence-corrected chi connectivity index (χ2v) is 8.90. The zero-order chi connectivity index (χ0) is 27.3. The van der Waals surface area contributed by atoms with Gasteiger partial charge >= 0.3 is 6.18 Å². The number of halogens is 3. The highest BCUT2D eigenvalue weighted by Crippen LogP contribution is 2.33. The van der Waals surface area contributed by atoms with Crippen molar-refractivity contribution in [2.75, 3.05) is 44.7 Å². The van der Waals surface area contributed by atoms with Crippen LogP contribution in [0.5, 0.6) is 0 Å². The number of likely N-dealkylation sites (N-methyl/N-ethyl adjacent to an activating group) is 2. The van der Waals surface area contributed by atoms with Crippen LogP contribution < -0.4 is 15.5 Å². The monoisotopic (exact) mass is 525 g/mol. The summed E-state index contributed by atoms with van der Waals surface area (Å²) < 4.78 is 39.8. The molecule has 3 aromatic heterocycles. The van der Waals surface area contributed by atoms with Gasteiger partial charge in [0.1, 0.15) is 11.5 Å². The third kappa shape index (κ3) is 6.06. The summed E-state index contributed by atoms with van der Waals surface area (Å²) in [5, 5.41) is 16.2. The van der Waals surface area contributed by atoms with E-state index in [0.717, 1.165) is 49.8 Å². The molecule has 4 heterocycles. The first-order valence-corrected chi connectivity index (χ1v) is 12.3.